The van der Waals surface area contributed by atoms with Crippen LogP contribution in [0.4, 0.5) is 0 Å². The Balaban J connectivity index is 2.82. The number of hydrogen-bond donors (Lipinski definition) is 1. The van der Waals surface area contributed by atoms with Gasteiger partial charge in [-0.05, 0) is 38.8 Å². The molecule has 0 atom stereocenters. The monoisotopic (exact) mass is 191 g/mol. The molecule has 74 valence electrons. The number of hydrogen-bond acceptors (Lipinski definition) is 3. The Hall–Kier alpha value is 0.270. The topological polar surface area (TPSA) is 21.3 Å². The van der Waals surface area contributed by atoms with Gasteiger partial charge in [-0.2, -0.15) is 11.8 Å². The quantitative estimate of drug-likeness (QED) is 0.591. The third-order valence-corrected chi connectivity index (χ3v) is 2.13. The molecule has 0 spiro atoms. The first kappa shape index (κ1) is 12.3. The zero-order valence-electron chi connectivity index (χ0n) is 8.43. The molecule has 0 unspecified atom stereocenters. The van der Waals surface area contributed by atoms with Crippen molar-refractivity contribution in [2.45, 2.75) is 26.4 Å². The van der Waals surface area contributed by atoms with Gasteiger partial charge in [0.15, 0.2) is 0 Å². The van der Waals surface area contributed by atoms with Gasteiger partial charge in [0, 0.05) is 6.54 Å². The Labute approximate surface area is 80.4 Å². The summed E-state index contributed by atoms with van der Waals surface area (Å²) in [5, 5.41) is 3.34. The lowest BCUT2D eigenvalue weighted by atomic mass is 10.4. The Morgan fingerprint density at radius 2 is 2.08 bits per heavy atom. The molecule has 0 aliphatic heterocycles. The van der Waals surface area contributed by atoms with Crippen LogP contribution in [0.2, 0.25) is 0 Å². The van der Waals surface area contributed by atoms with Crippen LogP contribution >= 0.6 is 11.8 Å². The van der Waals surface area contributed by atoms with E-state index in [1.165, 1.54) is 12.2 Å². The number of rotatable bonds is 8. The van der Waals surface area contributed by atoms with Gasteiger partial charge in [-0.3, -0.25) is 0 Å². The van der Waals surface area contributed by atoms with Gasteiger partial charge in [0.05, 0.1) is 12.7 Å². The lowest BCUT2D eigenvalue weighted by Gasteiger charge is -2.07. The summed E-state index contributed by atoms with van der Waals surface area (Å²) >= 11 is 1.90. The summed E-state index contributed by atoms with van der Waals surface area (Å²) in [5.74, 6) is 1.25. The fourth-order valence-electron chi connectivity index (χ4n) is 0.833. The predicted molar refractivity (Wildman–Crippen MR) is 57.0 cm³/mol. The molecule has 0 rings (SSSR count). The molecule has 0 aromatic carbocycles. The average molecular weight is 191 g/mol. The number of ether oxygens (including phenoxy) is 1. The van der Waals surface area contributed by atoms with Crippen LogP contribution in [0.25, 0.3) is 0 Å². The first-order chi connectivity index (χ1) is 5.77. The molecule has 0 aromatic rings. The van der Waals surface area contributed by atoms with Crippen molar-refractivity contribution < 1.29 is 4.74 Å². The summed E-state index contributed by atoms with van der Waals surface area (Å²) in [7, 11) is 0. The molecule has 0 saturated heterocycles. The number of thioether (sulfide) groups is 1. The Bertz CT molecular complexity index is 88.6. The third kappa shape index (κ3) is 10.3. The zero-order chi connectivity index (χ0) is 9.23. The third-order valence-electron chi connectivity index (χ3n) is 1.43. The van der Waals surface area contributed by atoms with Crippen molar-refractivity contribution >= 4 is 11.8 Å². The molecule has 0 aliphatic carbocycles. The molecule has 0 bridgehead atoms. The summed E-state index contributed by atoms with van der Waals surface area (Å²) in [5.41, 5.74) is 0. The average Bonchev–Trinajstić information content (AvgIpc) is 2.02. The van der Waals surface area contributed by atoms with Crippen molar-refractivity contribution in [3.05, 3.63) is 0 Å². The highest BCUT2D eigenvalue weighted by molar-refractivity contribution is 7.98. The summed E-state index contributed by atoms with van der Waals surface area (Å²) in [6.07, 6.45) is 3.75. The van der Waals surface area contributed by atoms with E-state index < -0.39 is 0 Å². The van der Waals surface area contributed by atoms with E-state index in [4.69, 9.17) is 4.74 Å². The van der Waals surface area contributed by atoms with Gasteiger partial charge in [0.25, 0.3) is 0 Å². The largest absolute Gasteiger partial charge is 0.377 e. The molecule has 0 fully saturated rings. The van der Waals surface area contributed by atoms with Crippen LogP contribution in [-0.2, 0) is 4.74 Å². The smallest absolute Gasteiger partial charge is 0.0594 e. The lowest BCUT2D eigenvalue weighted by Crippen LogP contribution is -2.22. The molecule has 0 aromatic heterocycles. The van der Waals surface area contributed by atoms with Crippen LogP contribution in [0.5, 0.6) is 0 Å². The molecule has 0 aliphatic rings. The highest BCUT2D eigenvalue weighted by atomic mass is 32.2. The minimum absolute atomic E-state index is 0.359. The van der Waals surface area contributed by atoms with Gasteiger partial charge in [-0.1, -0.05) is 0 Å². The molecule has 2 nitrogen and oxygen atoms in total. The van der Waals surface area contributed by atoms with Crippen molar-refractivity contribution in [2.75, 3.05) is 31.7 Å². The minimum atomic E-state index is 0.359. The van der Waals surface area contributed by atoms with Crippen molar-refractivity contribution in [2.24, 2.45) is 0 Å². The Morgan fingerprint density at radius 3 is 2.67 bits per heavy atom. The van der Waals surface area contributed by atoms with Crippen molar-refractivity contribution in [1.29, 1.82) is 0 Å². The lowest BCUT2D eigenvalue weighted by molar-refractivity contribution is 0.0809. The summed E-state index contributed by atoms with van der Waals surface area (Å²) in [6, 6.07) is 0. The van der Waals surface area contributed by atoms with E-state index in [-0.39, 0.29) is 0 Å². The van der Waals surface area contributed by atoms with E-state index in [0.29, 0.717) is 6.10 Å². The molecular formula is C9H21NOS. The van der Waals surface area contributed by atoms with Crippen LogP contribution in [0.3, 0.4) is 0 Å². The van der Waals surface area contributed by atoms with Crippen LogP contribution in [0.1, 0.15) is 20.3 Å². The SMILES string of the molecule is CSCCCNCCOC(C)C. The van der Waals surface area contributed by atoms with Crippen LogP contribution in [0, 0.1) is 0 Å². The Kier molecular flexibility index (Phi) is 9.57. The first-order valence-corrected chi connectivity index (χ1v) is 5.98. The van der Waals surface area contributed by atoms with Crippen molar-refractivity contribution in [1.82, 2.24) is 5.32 Å². The second kappa shape index (κ2) is 9.36. The molecular weight excluding hydrogens is 170 g/mol. The molecule has 1 N–H and O–H groups in total. The van der Waals surface area contributed by atoms with Gasteiger partial charge in [0.1, 0.15) is 0 Å². The first-order valence-electron chi connectivity index (χ1n) is 4.58. The molecule has 0 amide bonds. The van der Waals surface area contributed by atoms with Gasteiger partial charge in [-0.25, -0.2) is 0 Å². The van der Waals surface area contributed by atoms with Crippen molar-refractivity contribution in [3.63, 3.8) is 0 Å². The van der Waals surface area contributed by atoms with E-state index in [1.807, 2.05) is 11.8 Å². The molecule has 12 heavy (non-hydrogen) atoms. The maximum atomic E-state index is 5.38. The molecule has 0 radical (unpaired) electrons. The Morgan fingerprint density at radius 1 is 1.33 bits per heavy atom. The standard InChI is InChI=1S/C9H21NOS/c1-9(2)11-7-6-10-5-4-8-12-3/h9-10H,4-8H2,1-3H3. The summed E-state index contributed by atoms with van der Waals surface area (Å²) in [4.78, 5) is 0. The van der Waals surface area contributed by atoms with E-state index in [1.54, 1.807) is 0 Å². The predicted octanol–water partition coefficient (Wildman–Crippen LogP) is 1.75. The van der Waals surface area contributed by atoms with E-state index >= 15 is 0 Å². The highest BCUT2D eigenvalue weighted by Gasteiger charge is 1.91. The van der Waals surface area contributed by atoms with Gasteiger partial charge >= 0.3 is 0 Å². The minimum Gasteiger partial charge on any atom is -0.377 e. The van der Waals surface area contributed by atoms with Crippen LogP contribution < -0.4 is 5.32 Å². The maximum Gasteiger partial charge on any atom is 0.0594 e. The van der Waals surface area contributed by atoms with Crippen LogP contribution in [0.15, 0.2) is 0 Å². The fourth-order valence-corrected chi connectivity index (χ4v) is 1.27. The van der Waals surface area contributed by atoms with E-state index in [2.05, 4.69) is 25.4 Å². The van der Waals surface area contributed by atoms with Gasteiger partial charge in [-0.15, -0.1) is 0 Å². The molecule has 3 heteroatoms. The summed E-state index contributed by atoms with van der Waals surface area (Å²) < 4.78 is 5.38. The summed E-state index contributed by atoms with van der Waals surface area (Å²) in [6.45, 7) is 7.05. The van der Waals surface area contributed by atoms with Gasteiger partial charge in [0.2, 0.25) is 0 Å². The van der Waals surface area contributed by atoms with Crippen LogP contribution in [-0.4, -0.2) is 37.8 Å². The number of nitrogens with one attached hydrogen (secondary N) is 1. The van der Waals surface area contributed by atoms with E-state index in [9.17, 15) is 0 Å². The normalized spacial score (nSPS) is 11.0. The zero-order valence-corrected chi connectivity index (χ0v) is 9.25. The second-order valence-corrected chi connectivity index (χ2v) is 4.00. The second-order valence-electron chi connectivity index (χ2n) is 3.02. The molecule has 0 saturated carbocycles. The maximum absolute atomic E-state index is 5.38. The molecule has 0 heterocycles. The van der Waals surface area contributed by atoms with Crippen molar-refractivity contribution in [3.8, 4) is 0 Å². The highest BCUT2D eigenvalue weighted by Crippen LogP contribution is 1.93. The fraction of sp³-hybridized carbons (Fsp3) is 1.00. The van der Waals surface area contributed by atoms with E-state index in [0.717, 1.165) is 19.7 Å². The van der Waals surface area contributed by atoms with Gasteiger partial charge < -0.3 is 10.1 Å².